The van der Waals surface area contributed by atoms with Gasteiger partial charge in [-0.1, -0.05) is 5.92 Å². The van der Waals surface area contributed by atoms with Crippen molar-refractivity contribution in [1.82, 2.24) is 9.47 Å². The Morgan fingerprint density at radius 3 is 3.07 bits per heavy atom. The lowest BCUT2D eigenvalue weighted by atomic mass is 10.3. The van der Waals surface area contributed by atoms with Crippen LogP contribution in [0, 0.1) is 12.3 Å². The van der Waals surface area contributed by atoms with Crippen molar-refractivity contribution in [2.45, 2.75) is 18.9 Å². The van der Waals surface area contributed by atoms with Crippen LogP contribution >= 0.6 is 0 Å². The Morgan fingerprint density at radius 1 is 1.73 bits per heavy atom. The molecule has 1 aromatic rings. The van der Waals surface area contributed by atoms with Crippen molar-refractivity contribution in [3.05, 3.63) is 24.0 Å². The van der Waals surface area contributed by atoms with Crippen LogP contribution in [0.15, 0.2) is 18.3 Å². The van der Waals surface area contributed by atoms with Crippen LogP contribution < -0.4 is 0 Å². The quantitative estimate of drug-likeness (QED) is 0.682. The van der Waals surface area contributed by atoms with Gasteiger partial charge in [-0.3, -0.25) is 4.79 Å². The van der Waals surface area contributed by atoms with Gasteiger partial charge in [-0.05, 0) is 25.0 Å². The summed E-state index contributed by atoms with van der Waals surface area (Å²) < 4.78 is 2.05. The molecule has 1 aromatic heterocycles. The molecule has 1 aliphatic rings. The molecular weight excluding hydrogens is 188 g/mol. The first kappa shape index (κ1) is 9.85. The molecule has 0 aromatic carbocycles. The molecule has 0 saturated heterocycles. The molecule has 3 heteroatoms. The molecule has 0 radical (unpaired) electrons. The Hall–Kier alpha value is -1.69. The molecule has 0 bridgehead atoms. The van der Waals surface area contributed by atoms with Crippen LogP contribution in [0.1, 0.15) is 29.4 Å². The van der Waals surface area contributed by atoms with E-state index < -0.39 is 0 Å². The minimum atomic E-state index is 0.00449. The number of terminal acetylenes is 1. The van der Waals surface area contributed by atoms with Gasteiger partial charge in [-0.2, -0.15) is 0 Å². The van der Waals surface area contributed by atoms with Crippen molar-refractivity contribution in [2.75, 3.05) is 13.6 Å². The first-order valence-electron chi connectivity index (χ1n) is 5.10. The summed E-state index contributed by atoms with van der Waals surface area (Å²) in [5.74, 6) is 2.47. The fourth-order valence-electron chi connectivity index (χ4n) is 1.65. The van der Waals surface area contributed by atoms with Gasteiger partial charge in [0.1, 0.15) is 5.69 Å². The Morgan fingerprint density at radius 2 is 2.47 bits per heavy atom. The fraction of sp³-hybridized carbons (Fsp3) is 0.417. The number of aromatic nitrogens is 1. The second-order valence-electron chi connectivity index (χ2n) is 3.90. The molecule has 1 saturated carbocycles. The molecule has 0 atom stereocenters. The van der Waals surface area contributed by atoms with Gasteiger partial charge in [0.05, 0.1) is 6.54 Å². The molecule has 1 aliphatic carbocycles. The van der Waals surface area contributed by atoms with E-state index in [4.69, 9.17) is 6.42 Å². The third kappa shape index (κ3) is 1.89. The van der Waals surface area contributed by atoms with Crippen LogP contribution in [-0.2, 0) is 0 Å². The zero-order chi connectivity index (χ0) is 10.8. The van der Waals surface area contributed by atoms with Crippen LogP contribution in [0.5, 0.6) is 0 Å². The molecule has 0 unspecified atom stereocenters. The molecule has 2 rings (SSSR count). The van der Waals surface area contributed by atoms with Crippen molar-refractivity contribution in [2.24, 2.45) is 0 Å². The first-order chi connectivity index (χ1) is 7.24. The Kier molecular flexibility index (Phi) is 2.51. The molecule has 0 aliphatic heterocycles. The van der Waals surface area contributed by atoms with E-state index in [0.717, 1.165) is 5.69 Å². The van der Waals surface area contributed by atoms with Crippen LogP contribution in [0.3, 0.4) is 0 Å². The molecule has 1 heterocycles. The highest BCUT2D eigenvalue weighted by atomic mass is 16.2. The Balaban J connectivity index is 2.18. The molecule has 15 heavy (non-hydrogen) atoms. The largest absolute Gasteiger partial charge is 0.340 e. The molecule has 0 N–H and O–H groups in total. The van der Waals surface area contributed by atoms with Gasteiger partial charge in [-0.15, -0.1) is 6.42 Å². The SMILES string of the molecule is C#CCN(C)C(=O)c1cccn1C1CC1. The minimum absolute atomic E-state index is 0.00449. The van der Waals surface area contributed by atoms with Gasteiger partial charge >= 0.3 is 0 Å². The summed E-state index contributed by atoms with van der Waals surface area (Å²) in [4.78, 5) is 13.5. The molecule has 78 valence electrons. The highest BCUT2D eigenvalue weighted by Crippen LogP contribution is 2.36. The van der Waals surface area contributed by atoms with E-state index in [1.807, 2.05) is 18.3 Å². The van der Waals surface area contributed by atoms with E-state index in [9.17, 15) is 4.79 Å². The second kappa shape index (κ2) is 3.82. The monoisotopic (exact) mass is 202 g/mol. The minimum Gasteiger partial charge on any atom is -0.340 e. The number of rotatable bonds is 3. The van der Waals surface area contributed by atoms with E-state index in [-0.39, 0.29) is 5.91 Å². The third-order valence-corrected chi connectivity index (χ3v) is 2.61. The summed E-state index contributed by atoms with van der Waals surface area (Å²) in [5, 5.41) is 0. The van der Waals surface area contributed by atoms with Crippen molar-refractivity contribution >= 4 is 5.91 Å². The molecule has 1 fully saturated rings. The van der Waals surface area contributed by atoms with Crippen LogP contribution in [0.25, 0.3) is 0 Å². The van der Waals surface area contributed by atoms with Crippen molar-refractivity contribution in [1.29, 1.82) is 0 Å². The molecular formula is C12H14N2O. The zero-order valence-electron chi connectivity index (χ0n) is 8.81. The van der Waals surface area contributed by atoms with Gasteiger partial charge < -0.3 is 9.47 Å². The van der Waals surface area contributed by atoms with Gasteiger partial charge in [-0.25, -0.2) is 0 Å². The lowest BCUT2D eigenvalue weighted by molar-refractivity contribution is 0.0802. The standard InChI is InChI=1S/C12H14N2O/c1-3-8-13(2)12(15)11-5-4-9-14(11)10-6-7-10/h1,4-5,9-10H,6-8H2,2H3. The molecule has 0 spiro atoms. The maximum Gasteiger partial charge on any atom is 0.271 e. The smallest absolute Gasteiger partial charge is 0.271 e. The summed E-state index contributed by atoms with van der Waals surface area (Å²) in [6.07, 6.45) is 9.50. The fourth-order valence-corrected chi connectivity index (χ4v) is 1.65. The summed E-state index contributed by atoms with van der Waals surface area (Å²) in [5.41, 5.74) is 0.746. The maximum atomic E-state index is 12.0. The number of hydrogen-bond donors (Lipinski definition) is 0. The number of amides is 1. The average Bonchev–Trinajstić information content (AvgIpc) is 2.96. The predicted molar refractivity (Wildman–Crippen MR) is 58.5 cm³/mol. The van der Waals surface area contributed by atoms with E-state index in [0.29, 0.717) is 12.6 Å². The Bertz CT molecular complexity index is 410. The maximum absolute atomic E-state index is 12.0. The summed E-state index contributed by atoms with van der Waals surface area (Å²) in [6.45, 7) is 0.356. The lowest BCUT2D eigenvalue weighted by Crippen LogP contribution is -2.28. The van der Waals surface area contributed by atoms with Crippen LogP contribution in [0.4, 0.5) is 0 Å². The molecule has 3 nitrogen and oxygen atoms in total. The number of nitrogens with zero attached hydrogens (tertiary/aromatic N) is 2. The Labute approximate surface area is 89.7 Å². The predicted octanol–water partition coefficient (Wildman–Crippen LogP) is 1.53. The van der Waals surface area contributed by atoms with E-state index in [2.05, 4.69) is 10.5 Å². The number of carbonyl (C=O) groups excluding carboxylic acids is 1. The van der Waals surface area contributed by atoms with Crippen molar-refractivity contribution < 1.29 is 4.79 Å². The second-order valence-corrected chi connectivity index (χ2v) is 3.90. The van der Waals surface area contributed by atoms with Gasteiger partial charge in [0.15, 0.2) is 0 Å². The highest BCUT2D eigenvalue weighted by molar-refractivity contribution is 5.92. The van der Waals surface area contributed by atoms with E-state index >= 15 is 0 Å². The highest BCUT2D eigenvalue weighted by Gasteiger charge is 2.27. The van der Waals surface area contributed by atoms with E-state index in [1.165, 1.54) is 12.8 Å². The number of carbonyl (C=O) groups is 1. The van der Waals surface area contributed by atoms with Crippen LogP contribution in [0.2, 0.25) is 0 Å². The first-order valence-corrected chi connectivity index (χ1v) is 5.10. The van der Waals surface area contributed by atoms with E-state index in [1.54, 1.807) is 11.9 Å². The van der Waals surface area contributed by atoms with Crippen molar-refractivity contribution in [3.63, 3.8) is 0 Å². The normalized spacial score (nSPS) is 14.7. The van der Waals surface area contributed by atoms with Crippen LogP contribution in [-0.4, -0.2) is 29.0 Å². The zero-order valence-corrected chi connectivity index (χ0v) is 8.81. The topological polar surface area (TPSA) is 25.2 Å². The number of hydrogen-bond acceptors (Lipinski definition) is 1. The van der Waals surface area contributed by atoms with Crippen molar-refractivity contribution in [3.8, 4) is 12.3 Å². The van der Waals surface area contributed by atoms with Gasteiger partial charge in [0.2, 0.25) is 0 Å². The van der Waals surface area contributed by atoms with Gasteiger partial charge in [0, 0.05) is 19.3 Å². The molecule has 1 amide bonds. The summed E-state index contributed by atoms with van der Waals surface area (Å²) in [7, 11) is 1.73. The average molecular weight is 202 g/mol. The summed E-state index contributed by atoms with van der Waals surface area (Å²) in [6, 6.07) is 4.29. The van der Waals surface area contributed by atoms with Gasteiger partial charge in [0.25, 0.3) is 5.91 Å². The lowest BCUT2D eigenvalue weighted by Gasteiger charge is -2.15. The summed E-state index contributed by atoms with van der Waals surface area (Å²) >= 11 is 0. The third-order valence-electron chi connectivity index (χ3n) is 2.61.